The summed E-state index contributed by atoms with van der Waals surface area (Å²) in [5.74, 6) is -0.419. The van der Waals surface area contributed by atoms with Gasteiger partial charge in [0.25, 0.3) is 5.91 Å². The molecule has 4 heterocycles. The van der Waals surface area contributed by atoms with E-state index in [4.69, 9.17) is 0 Å². The molecule has 0 radical (unpaired) electrons. The van der Waals surface area contributed by atoms with Crippen molar-refractivity contribution in [1.29, 1.82) is 0 Å². The molecule has 0 saturated heterocycles. The number of hydrogen-bond donors (Lipinski definition) is 2. The lowest BCUT2D eigenvalue weighted by molar-refractivity contribution is -0.173. The van der Waals surface area contributed by atoms with Crippen molar-refractivity contribution in [3.63, 3.8) is 0 Å². The summed E-state index contributed by atoms with van der Waals surface area (Å²) in [6, 6.07) is 1.23. The van der Waals surface area contributed by atoms with E-state index in [1.54, 1.807) is 23.9 Å². The first-order valence-corrected chi connectivity index (χ1v) is 11.2. The zero-order chi connectivity index (χ0) is 22.5. The largest absolute Gasteiger partial charge is 0.410 e. The van der Waals surface area contributed by atoms with E-state index in [2.05, 4.69) is 36.8 Å². The number of fused-ring (bicyclic) bond motifs is 1. The summed E-state index contributed by atoms with van der Waals surface area (Å²) in [4.78, 5) is 13.6. The van der Waals surface area contributed by atoms with Gasteiger partial charge in [0.15, 0.2) is 11.7 Å². The van der Waals surface area contributed by atoms with E-state index in [0.29, 0.717) is 0 Å². The molecule has 2 atom stereocenters. The van der Waals surface area contributed by atoms with Crippen LogP contribution in [0.3, 0.4) is 0 Å². The summed E-state index contributed by atoms with van der Waals surface area (Å²) in [6.45, 7) is 3.92. The van der Waals surface area contributed by atoms with Gasteiger partial charge in [0.05, 0.1) is 16.2 Å². The van der Waals surface area contributed by atoms with Crippen LogP contribution in [-0.2, 0) is 13.6 Å². The van der Waals surface area contributed by atoms with Crippen LogP contribution in [0.1, 0.15) is 50.8 Å². The van der Waals surface area contributed by atoms with Gasteiger partial charge in [-0.15, -0.1) is 11.3 Å². The molecule has 3 aromatic heterocycles. The highest BCUT2D eigenvalue weighted by atomic mass is 79.9. The molecule has 0 aliphatic carbocycles. The molecule has 0 aromatic carbocycles. The minimum absolute atomic E-state index is 0.0947. The average molecular weight is 517 g/mol. The molecule has 0 saturated carbocycles. The van der Waals surface area contributed by atoms with Crippen molar-refractivity contribution in [2.24, 2.45) is 7.05 Å². The zero-order valence-electron chi connectivity index (χ0n) is 16.9. The van der Waals surface area contributed by atoms with Crippen LogP contribution in [0, 0.1) is 13.8 Å². The number of anilines is 1. The fourth-order valence-electron chi connectivity index (χ4n) is 3.74. The lowest BCUT2D eigenvalue weighted by atomic mass is 10.0. The molecule has 2 unspecified atom stereocenters. The molecular weight excluding hydrogens is 497 g/mol. The molecule has 0 fully saturated rings. The normalized spacial score (nSPS) is 18.5. The number of carbonyl (C=O) groups is 1. The van der Waals surface area contributed by atoms with Gasteiger partial charge in [-0.1, -0.05) is 6.07 Å². The third-order valence-corrected chi connectivity index (χ3v) is 7.22. The Balaban J connectivity index is 1.63. The van der Waals surface area contributed by atoms with E-state index in [0.717, 1.165) is 26.5 Å². The lowest BCUT2D eigenvalue weighted by Crippen LogP contribution is -2.35. The molecule has 3 aromatic rings. The number of amides is 1. The Hall–Kier alpha value is -2.34. The number of thiophene rings is 1. The summed E-state index contributed by atoms with van der Waals surface area (Å²) in [6.07, 6.45) is -4.71. The molecule has 0 spiro atoms. The molecule has 1 aliphatic heterocycles. The second-order valence-electron chi connectivity index (χ2n) is 7.42. The second kappa shape index (κ2) is 7.97. The molecule has 31 heavy (non-hydrogen) atoms. The number of carbonyl (C=O) groups excluding carboxylic acids is 1. The van der Waals surface area contributed by atoms with E-state index in [9.17, 15) is 18.0 Å². The van der Waals surface area contributed by atoms with Gasteiger partial charge in [0.1, 0.15) is 5.82 Å². The Morgan fingerprint density at radius 1 is 1.39 bits per heavy atom. The van der Waals surface area contributed by atoms with Crippen molar-refractivity contribution in [3.05, 3.63) is 49.5 Å². The predicted molar refractivity (Wildman–Crippen MR) is 114 cm³/mol. The maximum atomic E-state index is 13.8. The van der Waals surface area contributed by atoms with Gasteiger partial charge < -0.3 is 10.6 Å². The van der Waals surface area contributed by atoms with Gasteiger partial charge in [0.2, 0.25) is 0 Å². The maximum Gasteiger partial charge on any atom is 0.410 e. The molecule has 1 amide bonds. The van der Waals surface area contributed by atoms with E-state index in [-0.39, 0.29) is 29.0 Å². The van der Waals surface area contributed by atoms with Gasteiger partial charge in [-0.2, -0.15) is 23.4 Å². The molecule has 4 rings (SSSR count). The van der Waals surface area contributed by atoms with E-state index in [1.807, 2.05) is 19.2 Å². The van der Waals surface area contributed by atoms with Crippen LogP contribution in [0.2, 0.25) is 0 Å². The number of aryl methyl sites for hydroxylation is 2. The van der Waals surface area contributed by atoms with E-state index >= 15 is 0 Å². The number of hydrogen-bond acceptors (Lipinski definition) is 5. The van der Waals surface area contributed by atoms with Crippen molar-refractivity contribution in [3.8, 4) is 0 Å². The quantitative estimate of drug-likeness (QED) is 0.529. The molecule has 0 bridgehead atoms. The topological polar surface area (TPSA) is 76.8 Å². The van der Waals surface area contributed by atoms with Gasteiger partial charge in [0, 0.05) is 36.1 Å². The zero-order valence-corrected chi connectivity index (χ0v) is 19.3. The first-order valence-electron chi connectivity index (χ1n) is 9.49. The summed E-state index contributed by atoms with van der Waals surface area (Å²) >= 11 is 4.68. The number of halogens is 4. The molecule has 12 heteroatoms. The van der Waals surface area contributed by atoms with Crippen LogP contribution in [0.25, 0.3) is 0 Å². The van der Waals surface area contributed by atoms with E-state index < -0.39 is 24.2 Å². The first-order chi connectivity index (χ1) is 14.6. The number of nitrogens with one attached hydrogen (secondary N) is 2. The molecule has 7 nitrogen and oxygen atoms in total. The van der Waals surface area contributed by atoms with Crippen LogP contribution < -0.4 is 10.6 Å². The summed E-state index contributed by atoms with van der Waals surface area (Å²) in [5, 5.41) is 16.0. The molecule has 166 valence electrons. The van der Waals surface area contributed by atoms with Gasteiger partial charge in [-0.05, 0) is 41.2 Å². The fraction of sp³-hybridized carbons (Fsp3) is 0.421. The minimum Gasteiger partial charge on any atom is -0.362 e. The summed E-state index contributed by atoms with van der Waals surface area (Å²) < 4.78 is 44.3. The molecule has 1 aliphatic rings. The highest BCUT2D eigenvalue weighted by Crippen LogP contribution is 2.46. The van der Waals surface area contributed by atoms with Crippen molar-refractivity contribution in [1.82, 2.24) is 24.9 Å². The van der Waals surface area contributed by atoms with Crippen LogP contribution in [0.5, 0.6) is 0 Å². The minimum atomic E-state index is -4.50. The van der Waals surface area contributed by atoms with Crippen molar-refractivity contribution >= 4 is 39.0 Å². The molecule has 2 N–H and O–H groups in total. The summed E-state index contributed by atoms with van der Waals surface area (Å²) in [5.41, 5.74) is 2.45. The fourth-order valence-corrected chi connectivity index (χ4v) is 5.08. The summed E-state index contributed by atoms with van der Waals surface area (Å²) in [7, 11) is 1.81. The van der Waals surface area contributed by atoms with Gasteiger partial charge in [-0.3, -0.25) is 9.48 Å². The third kappa shape index (κ3) is 3.98. The van der Waals surface area contributed by atoms with Crippen molar-refractivity contribution in [2.45, 2.75) is 45.1 Å². The maximum absolute atomic E-state index is 13.8. The standard InChI is InChI=1S/C19H20BrF3N6OS/c1-9-11(10(2)28(3)26-9)8-24-18(30)16-15(20)17-25-12(13-5-4-6-31-13)7-14(19(21,22)23)29(17)27-16/h4-6,12,14,25H,7-8H2,1-3H3,(H,24,30). The van der Waals surface area contributed by atoms with Crippen molar-refractivity contribution in [2.75, 3.05) is 5.32 Å². The number of alkyl halides is 3. The SMILES string of the molecule is Cc1nn(C)c(C)c1CNC(=O)c1nn2c(c1Br)NC(c1cccs1)CC2C(F)(F)F. The smallest absolute Gasteiger partial charge is 0.362 e. The Kier molecular flexibility index (Phi) is 5.63. The highest BCUT2D eigenvalue weighted by molar-refractivity contribution is 9.10. The van der Waals surface area contributed by atoms with E-state index in [1.165, 1.54) is 11.3 Å². The van der Waals surface area contributed by atoms with Crippen LogP contribution in [0.4, 0.5) is 19.0 Å². The Labute approximate surface area is 188 Å². The Morgan fingerprint density at radius 2 is 2.13 bits per heavy atom. The predicted octanol–water partition coefficient (Wildman–Crippen LogP) is 4.65. The van der Waals surface area contributed by atoms with Crippen LogP contribution in [-0.4, -0.2) is 31.6 Å². The van der Waals surface area contributed by atoms with Gasteiger partial charge in [-0.25, -0.2) is 4.68 Å². The third-order valence-electron chi connectivity index (χ3n) is 5.48. The lowest BCUT2D eigenvalue weighted by Gasteiger charge is -2.33. The number of nitrogens with zero attached hydrogens (tertiary/aromatic N) is 4. The number of aromatic nitrogens is 4. The number of rotatable bonds is 4. The Morgan fingerprint density at radius 3 is 2.71 bits per heavy atom. The monoisotopic (exact) mass is 516 g/mol. The first kappa shape index (κ1) is 21.9. The Bertz CT molecular complexity index is 1120. The van der Waals surface area contributed by atoms with Crippen LogP contribution in [0.15, 0.2) is 22.0 Å². The van der Waals surface area contributed by atoms with Gasteiger partial charge >= 0.3 is 6.18 Å². The second-order valence-corrected chi connectivity index (χ2v) is 9.19. The molecular formula is C19H20BrF3N6OS. The van der Waals surface area contributed by atoms with Crippen LogP contribution >= 0.6 is 27.3 Å². The van der Waals surface area contributed by atoms with Crippen molar-refractivity contribution < 1.29 is 18.0 Å². The highest BCUT2D eigenvalue weighted by Gasteiger charge is 2.48. The average Bonchev–Trinajstić information content (AvgIpc) is 3.40.